The Balaban J connectivity index is 2.15. The van der Waals surface area contributed by atoms with E-state index in [-0.39, 0.29) is 11.5 Å². The molecule has 2 aromatic carbocycles. The second-order valence-corrected chi connectivity index (χ2v) is 4.35. The predicted molar refractivity (Wildman–Crippen MR) is 75.1 cm³/mol. The van der Waals surface area contributed by atoms with Gasteiger partial charge < -0.3 is 10.6 Å². The van der Waals surface area contributed by atoms with E-state index < -0.39 is 17.5 Å². The number of halogens is 2. The first kappa shape index (κ1) is 14.6. The van der Waals surface area contributed by atoms with E-state index >= 15 is 0 Å². The molecule has 2 aromatic rings. The van der Waals surface area contributed by atoms with Gasteiger partial charge in [0, 0.05) is 23.9 Å². The Morgan fingerprint density at radius 3 is 2.19 bits per heavy atom. The minimum atomic E-state index is -1.09. The molecule has 0 aliphatic carbocycles. The van der Waals surface area contributed by atoms with Gasteiger partial charge in [0.2, 0.25) is 5.91 Å². The van der Waals surface area contributed by atoms with Gasteiger partial charge in [-0.1, -0.05) is 6.07 Å². The fraction of sp³-hybridized carbons (Fsp3) is 0.0667. The maximum atomic E-state index is 13.1. The van der Waals surface area contributed by atoms with Crippen molar-refractivity contribution in [3.05, 3.63) is 59.7 Å². The molecule has 4 nitrogen and oxygen atoms in total. The Hall–Kier alpha value is -2.76. The van der Waals surface area contributed by atoms with Crippen LogP contribution in [0.2, 0.25) is 0 Å². The summed E-state index contributed by atoms with van der Waals surface area (Å²) in [5.41, 5.74) is 0.945. The highest BCUT2D eigenvalue weighted by atomic mass is 19.2. The Kier molecular flexibility index (Phi) is 4.27. The normalized spacial score (nSPS) is 10.0. The molecule has 0 fully saturated rings. The summed E-state index contributed by atoms with van der Waals surface area (Å²) in [5, 5.41) is 5.11. The van der Waals surface area contributed by atoms with Crippen molar-refractivity contribution < 1.29 is 18.4 Å². The molecular formula is C15H12F2N2O2. The van der Waals surface area contributed by atoms with E-state index in [1.54, 1.807) is 24.3 Å². The number of rotatable bonds is 3. The summed E-state index contributed by atoms with van der Waals surface area (Å²) < 4.78 is 25.9. The van der Waals surface area contributed by atoms with Crippen LogP contribution in [0.15, 0.2) is 42.5 Å². The molecule has 2 amide bonds. The SMILES string of the molecule is CC(=O)Nc1cccc(NC(=O)c2ccc(F)c(F)c2)c1. The number of benzene rings is 2. The Morgan fingerprint density at radius 1 is 0.905 bits per heavy atom. The number of carbonyl (C=O) groups excluding carboxylic acids is 2. The molecule has 2 N–H and O–H groups in total. The predicted octanol–water partition coefficient (Wildman–Crippen LogP) is 3.18. The van der Waals surface area contributed by atoms with Gasteiger partial charge in [-0.05, 0) is 36.4 Å². The van der Waals surface area contributed by atoms with Crippen LogP contribution in [0, 0.1) is 11.6 Å². The van der Waals surface area contributed by atoms with Crippen LogP contribution in [-0.2, 0) is 4.79 Å². The number of hydrogen-bond acceptors (Lipinski definition) is 2. The van der Waals surface area contributed by atoms with Gasteiger partial charge in [-0.3, -0.25) is 9.59 Å². The van der Waals surface area contributed by atoms with Gasteiger partial charge in [-0.2, -0.15) is 0 Å². The van der Waals surface area contributed by atoms with Crippen molar-refractivity contribution in [2.75, 3.05) is 10.6 Å². The summed E-state index contributed by atoms with van der Waals surface area (Å²) in [4.78, 5) is 22.9. The first-order valence-corrected chi connectivity index (χ1v) is 6.10. The molecule has 0 aliphatic rings. The van der Waals surface area contributed by atoms with E-state index in [0.29, 0.717) is 11.4 Å². The molecule has 0 heterocycles. The lowest BCUT2D eigenvalue weighted by Gasteiger charge is -2.08. The third-order valence-electron chi connectivity index (χ3n) is 2.62. The summed E-state index contributed by atoms with van der Waals surface area (Å²) in [7, 11) is 0. The van der Waals surface area contributed by atoms with Crippen LogP contribution >= 0.6 is 0 Å². The smallest absolute Gasteiger partial charge is 0.255 e. The quantitative estimate of drug-likeness (QED) is 0.912. The summed E-state index contributed by atoms with van der Waals surface area (Å²) in [5.74, 6) is -2.91. The number of carbonyl (C=O) groups is 2. The molecule has 2 rings (SSSR count). The lowest BCUT2D eigenvalue weighted by molar-refractivity contribution is -0.114. The maximum Gasteiger partial charge on any atom is 0.255 e. The van der Waals surface area contributed by atoms with E-state index in [2.05, 4.69) is 10.6 Å². The molecule has 0 saturated heterocycles. The van der Waals surface area contributed by atoms with Crippen molar-refractivity contribution in [2.45, 2.75) is 6.92 Å². The van der Waals surface area contributed by atoms with Crippen LogP contribution < -0.4 is 10.6 Å². The Bertz CT molecular complexity index is 702. The number of nitrogens with one attached hydrogen (secondary N) is 2. The largest absolute Gasteiger partial charge is 0.326 e. The molecule has 0 aliphatic heterocycles. The van der Waals surface area contributed by atoms with Crippen molar-refractivity contribution in [1.29, 1.82) is 0 Å². The van der Waals surface area contributed by atoms with Crippen molar-refractivity contribution in [1.82, 2.24) is 0 Å². The zero-order valence-electron chi connectivity index (χ0n) is 11.1. The van der Waals surface area contributed by atoms with Gasteiger partial charge in [-0.25, -0.2) is 8.78 Å². The molecule has 0 bridgehead atoms. The summed E-state index contributed by atoms with van der Waals surface area (Å²) in [6.07, 6.45) is 0. The summed E-state index contributed by atoms with van der Waals surface area (Å²) in [6, 6.07) is 9.37. The standard InChI is InChI=1S/C15H12F2N2O2/c1-9(20)18-11-3-2-4-12(8-11)19-15(21)10-5-6-13(16)14(17)7-10/h2-8H,1H3,(H,18,20)(H,19,21). The highest BCUT2D eigenvalue weighted by Crippen LogP contribution is 2.17. The molecule has 0 aromatic heterocycles. The van der Waals surface area contributed by atoms with Crippen molar-refractivity contribution in [2.24, 2.45) is 0 Å². The molecule has 0 atom stereocenters. The minimum absolute atomic E-state index is 0.00108. The molecule has 108 valence electrons. The van der Waals surface area contributed by atoms with E-state index in [0.717, 1.165) is 12.1 Å². The fourth-order valence-corrected chi connectivity index (χ4v) is 1.72. The van der Waals surface area contributed by atoms with Crippen LogP contribution in [-0.4, -0.2) is 11.8 Å². The lowest BCUT2D eigenvalue weighted by atomic mass is 10.2. The lowest BCUT2D eigenvalue weighted by Crippen LogP contribution is -2.13. The Morgan fingerprint density at radius 2 is 1.57 bits per heavy atom. The average molecular weight is 290 g/mol. The molecule has 0 saturated carbocycles. The van der Waals surface area contributed by atoms with E-state index in [1.165, 1.54) is 13.0 Å². The van der Waals surface area contributed by atoms with Gasteiger partial charge >= 0.3 is 0 Å². The first-order chi connectivity index (χ1) is 9.95. The monoisotopic (exact) mass is 290 g/mol. The van der Waals surface area contributed by atoms with E-state index in [1.807, 2.05) is 0 Å². The van der Waals surface area contributed by atoms with Gasteiger partial charge in [0.05, 0.1) is 0 Å². The molecule has 0 radical (unpaired) electrons. The number of anilines is 2. The summed E-state index contributed by atoms with van der Waals surface area (Å²) in [6.45, 7) is 1.37. The number of amides is 2. The topological polar surface area (TPSA) is 58.2 Å². The minimum Gasteiger partial charge on any atom is -0.326 e. The maximum absolute atomic E-state index is 13.1. The van der Waals surface area contributed by atoms with Gasteiger partial charge in [0.15, 0.2) is 11.6 Å². The zero-order chi connectivity index (χ0) is 15.4. The van der Waals surface area contributed by atoms with Crippen molar-refractivity contribution >= 4 is 23.2 Å². The Labute approximate surface area is 119 Å². The van der Waals surface area contributed by atoms with E-state index in [9.17, 15) is 18.4 Å². The molecule has 21 heavy (non-hydrogen) atoms. The van der Waals surface area contributed by atoms with Gasteiger partial charge in [0.1, 0.15) is 0 Å². The van der Waals surface area contributed by atoms with Crippen molar-refractivity contribution in [3.8, 4) is 0 Å². The van der Waals surface area contributed by atoms with Gasteiger partial charge in [-0.15, -0.1) is 0 Å². The van der Waals surface area contributed by atoms with Crippen LogP contribution in [0.4, 0.5) is 20.2 Å². The van der Waals surface area contributed by atoms with Crippen molar-refractivity contribution in [3.63, 3.8) is 0 Å². The van der Waals surface area contributed by atoms with E-state index in [4.69, 9.17) is 0 Å². The second kappa shape index (κ2) is 6.13. The molecule has 6 heteroatoms. The highest BCUT2D eigenvalue weighted by Gasteiger charge is 2.10. The van der Waals surface area contributed by atoms with Crippen LogP contribution in [0.5, 0.6) is 0 Å². The zero-order valence-corrected chi connectivity index (χ0v) is 11.1. The van der Waals surface area contributed by atoms with Gasteiger partial charge in [0.25, 0.3) is 5.91 Å². The third kappa shape index (κ3) is 3.85. The van der Waals surface area contributed by atoms with Crippen LogP contribution in [0.25, 0.3) is 0 Å². The number of hydrogen-bond donors (Lipinski definition) is 2. The summed E-state index contributed by atoms with van der Waals surface area (Å²) >= 11 is 0. The average Bonchev–Trinajstić information content (AvgIpc) is 2.41. The molecule has 0 unspecified atom stereocenters. The fourth-order valence-electron chi connectivity index (χ4n) is 1.72. The second-order valence-electron chi connectivity index (χ2n) is 4.35. The first-order valence-electron chi connectivity index (χ1n) is 6.10. The molecule has 0 spiro atoms. The molecular weight excluding hydrogens is 278 g/mol. The van der Waals surface area contributed by atoms with Crippen LogP contribution in [0.1, 0.15) is 17.3 Å². The highest BCUT2D eigenvalue weighted by molar-refractivity contribution is 6.04. The third-order valence-corrected chi connectivity index (χ3v) is 2.62. The van der Waals surface area contributed by atoms with Crippen LogP contribution in [0.3, 0.4) is 0 Å².